The molecule has 0 spiro atoms. The van der Waals surface area contributed by atoms with Crippen molar-refractivity contribution in [1.82, 2.24) is 10.6 Å². The molecule has 0 heterocycles. The molecule has 0 aromatic carbocycles. The second-order valence-corrected chi connectivity index (χ2v) is 6.09. The number of carboxylic acid groups (broad SMARTS) is 1. The molecule has 2 amide bonds. The number of hydrogen-bond acceptors (Lipinski definition) is 4. The van der Waals surface area contributed by atoms with Gasteiger partial charge >= 0.3 is 5.97 Å². The number of rotatable bonds is 9. The number of thioether (sulfide) groups is 1. The Morgan fingerprint density at radius 1 is 1.40 bits per heavy atom. The van der Waals surface area contributed by atoms with E-state index in [-0.39, 0.29) is 30.7 Å². The summed E-state index contributed by atoms with van der Waals surface area (Å²) >= 11 is 1.53. The SMILES string of the molecule is CSCC[C@H](NC(=O)CCNC(=O)C1CC1C)C(=O)O. The maximum Gasteiger partial charge on any atom is 0.326 e. The monoisotopic (exact) mass is 302 g/mol. The van der Waals surface area contributed by atoms with Crippen LogP contribution in [0, 0.1) is 11.8 Å². The molecule has 0 aliphatic heterocycles. The van der Waals surface area contributed by atoms with E-state index in [1.54, 1.807) is 0 Å². The van der Waals surface area contributed by atoms with Crippen molar-refractivity contribution in [3.05, 3.63) is 0 Å². The first-order valence-electron chi connectivity index (χ1n) is 6.74. The number of nitrogens with one attached hydrogen (secondary N) is 2. The van der Waals surface area contributed by atoms with Crippen LogP contribution in [0.1, 0.15) is 26.2 Å². The second kappa shape index (κ2) is 8.14. The van der Waals surface area contributed by atoms with Crippen LogP contribution < -0.4 is 10.6 Å². The summed E-state index contributed by atoms with van der Waals surface area (Å²) in [5.41, 5.74) is 0. The molecule has 1 rings (SSSR count). The van der Waals surface area contributed by atoms with E-state index in [0.717, 1.165) is 6.42 Å². The summed E-state index contributed by atoms with van der Waals surface area (Å²) in [6.07, 6.45) is 3.30. The first-order valence-corrected chi connectivity index (χ1v) is 8.14. The van der Waals surface area contributed by atoms with Crippen LogP contribution >= 0.6 is 11.8 Å². The largest absolute Gasteiger partial charge is 0.480 e. The summed E-state index contributed by atoms with van der Waals surface area (Å²) < 4.78 is 0. The molecule has 1 aliphatic carbocycles. The van der Waals surface area contributed by atoms with Gasteiger partial charge in [-0.25, -0.2) is 4.79 Å². The average molecular weight is 302 g/mol. The smallest absolute Gasteiger partial charge is 0.326 e. The van der Waals surface area contributed by atoms with Crippen LogP contribution in [0.3, 0.4) is 0 Å². The second-order valence-electron chi connectivity index (χ2n) is 5.10. The third-order valence-electron chi connectivity index (χ3n) is 3.34. The summed E-state index contributed by atoms with van der Waals surface area (Å²) in [6, 6.07) is -0.853. The molecule has 0 aromatic heterocycles. The molecule has 1 aliphatic rings. The van der Waals surface area contributed by atoms with E-state index in [0.29, 0.717) is 18.1 Å². The quantitative estimate of drug-likeness (QED) is 0.575. The maximum atomic E-state index is 11.6. The Balaban J connectivity index is 2.20. The Morgan fingerprint density at radius 3 is 2.55 bits per heavy atom. The molecule has 2 unspecified atom stereocenters. The Kier molecular flexibility index (Phi) is 6.84. The molecule has 1 saturated carbocycles. The van der Waals surface area contributed by atoms with Crippen LogP contribution in [-0.4, -0.2) is 47.5 Å². The zero-order chi connectivity index (χ0) is 15.1. The lowest BCUT2D eigenvalue weighted by Gasteiger charge is -2.14. The normalized spacial score (nSPS) is 21.9. The number of carboxylic acids is 1. The number of carbonyl (C=O) groups excluding carboxylic acids is 2. The van der Waals surface area contributed by atoms with Gasteiger partial charge in [0.1, 0.15) is 6.04 Å². The van der Waals surface area contributed by atoms with E-state index in [9.17, 15) is 14.4 Å². The lowest BCUT2D eigenvalue weighted by Crippen LogP contribution is -2.42. The first kappa shape index (κ1) is 16.8. The summed E-state index contributed by atoms with van der Waals surface area (Å²) in [5.74, 6) is -0.181. The van der Waals surface area contributed by atoms with E-state index in [4.69, 9.17) is 5.11 Å². The standard InChI is InChI=1S/C13H22N2O4S/c1-8-7-9(8)12(17)14-5-3-11(16)15-10(13(18)19)4-6-20-2/h8-10H,3-7H2,1-2H3,(H,14,17)(H,15,16)(H,18,19)/t8?,9?,10-/m0/s1. The lowest BCUT2D eigenvalue weighted by molar-refractivity contribution is -0.141. The van der Waals surface area contributed by atoms with Crippen molar-refractivity contribution in [1.29, 1.82) is 0 Å². The number of carbonyl (C=O) groups is 3. The molecule has 20 heavy (non-hydrogen) atoms. The Labute approximate surface area is 123 Å². The van der Waals surface area contributed by atoms with Crippen molar-refractivity contribution in [3.63, 3.8) is 0 Å². The van der Waals surface area contributed by atoms with Crippen LogP contribution in [0.25, 0.3) is 0 Å². The average Bonchev–Trinajstić information content (AvgIpc) is 3.11. The Hall–Kier alpha value is -1.24. The summed E-state index contributed by atoms with van der Waals surface area (Å²) in [7, 11) is 0. The molecule has 0 radical (unpaired) electrons. The summed E-state index contributed by atoms with van der Waals surface area (Å²) in [5, 5.41) is 14.2. The highest BCUT2D eigenvalue weighted by molar-refractivity contribution is 7.98. The van der Waals surface area contributed by atoms with E-state index >= 15 is 0 Å². The van der Waals surface area contributed by atoms with Gasteiger partial charge in [0.2, 0.25) is 11.8 Å². The van der Waals surface area contributed by atoms with Gasteiger partial charge in [-0.1, -0.05) is 6.92 Å². The Morgan fingerprint density at radius 2 is 2.05 bits per heavy atom. The predicted octanol–water partition coefficient (Wildman–Crippen LogP) is 0.471. The molecule has 0 saturated heterocycles. The maximum absolute atomic E-state index is 11.6. The molecule has 7 heteroatoms. The van der Waals surface area contributed by atoms with Crippen molar-refractivity contribution in [2.45, 2.75) is 32.2 Å². The van der Waals surface area contributed by atoms with E-state index in [1.165, 1.54) is 11.8 Å². The third-order valence-corrected chi connectivity index (χ3v) is 3.99. The molecular formula is C13H22N2O4S. The minimum absolute atomic E-state index is 0.0116. The van der Waals surface area contributed by atoms with Crippen molar-refractivity contribution in [2.24, 2.45) is 11.8 Å². The fraction of sp³-hybridized carbons (Fsp3) is 0.769. The van der Waals surface area contributed by atoms with Crippen LogP contribution in [0.15, 0.2) is 0 Å². The van der Waals surface area contributed by atoms with Crippen LogP contribution in [-0.2, 0) is 14.4 Å². The van der Waals surface area contributed by atoms with Gasteiger partial charge in [-0.2, -0.15) is 11.8 Å². The molecule has 0 bridgehead atoms. The van der Waals surface area contributed by atoms with Crippen molar-refractivity contribution in [3.8, 4) is 0 Å². The van der Waals surface area contributed by atoms with E-state index in [1.807, 2.05) is 13.2 Å². The molecule has 114 valence electrons. The summed E-state index contributed by atoms with van der Waals surface area (Å²) in [6.45, 7) is 2.27. The number of amides is 2. The highest BCUT2D eigenvalue weighted by Gasteiger charge is 2.38. The fourth-order valence-electron chi connectivity index (χ4n) is 1.88. The van der Waals surface area contributed by atoms with Gasteiger partial charge < -0.3 is 15.7 Å². The fourth-order valence-corrected chi connectivity index (χ4v) is 2.35. The third kappa shape index (κ3) is 5.81. The van der Waals surface area contributed by atoms with Crippen LogP contribution in [0.2, 0.25) is 0 Å². The van der Waals surface area contributed by atoms with Gasteiger partial charge in [-0.3, -0.25) is 9.59 Å². The van der Waals surface area contributed by atoms with Gasteiger partial charge in [0.25, 0.3) is 0 Å². The van der Waals surface area contributed by atoms with Gasteiger partial charge in [0, 0.05) is 18.9 Å². The Bertz CT molecular complexity index is 375. The molecule has 1 fully saturated rings. The molecule has 6 nitrogen and oxygen atoms in total. The minimum atomic E-state index is -1.02. The van der Waals surface area contributed by atoms with Crippen molar-refractivity contribution in [2.75, 3.05) is 18.6 Å². The zero-order valence-electron chi connectivity index (χ0n) is 11.8. The van der Waals surface area contributed by atoms with Gasteiger partial charge in [-0.05, 0) is 30.8 Å². The lowest BCUT2D eigenvalue weighted by atomic mass is 10.2. The number of hydrogen-bond donors (Lipinski definition) is 3. The zero-order valence-corrected chi connectivity index (χ0v) is 12.7. The van der Waals surface area contributed by atoms with Crippen LogP contribution in [0.4, 0.5) is 0 Å². The topological polar surface area (TPSA) is 95.5 Å². The van der Waals surface area contributed by atoms with E-state index in [2.05, 4.69) is 10.6 Å². The van der Waals surface area contributed by atoms with Crippen molar-refractivity contribution < 1.29 is 19.5 Å². The van der Waals surface area contributed by atoms with Gasteiger partial charge in [0.05, 0.1) is 0 Å². The molecule has 3 N–H and O–H groups in total. The minimum Gasteiger partial charge on any atom is -0.480 e. The highest BCUT2D eigenvalue weighted by atomic mass is 32.2. The first-order chi connectivity index (χ1) is 9.45. The van der Waals surface area contributed by atoms with Gasteiger partial charge in [0.15, 0.2) is 0 Å². The molecular weight excluding hydrogens is 280 g/mol. The van der Waals surface area contributed by atoms with E-state index < -0.39 is 12.0 Å². The molecule has 3 atom stereocenters. The molecule has 0 aromatic rings. The van der Waals surface area contributed by atoms with Crippen molar-refractivity contribution >= 4 is 29.5 Å². The van der Waals surface area contributed by atoms with Crippen LogP contribution in [0.5, 0.6) is 0 Å². The predicted molar refractivity (Wildman–Crippen MR) is 77.5 cm³/mol. The highest BCUT2D eigenvalue weighted by Crippen LogP contribution is 2.37. The van der Waals surface area contributed by atoms with Gasteiger partial charge in [-0.15, -0.1) is 0 Å². The number of aliphatic carboxylic acids is 1. The summed E-state index contributed by atoms with van der Waals surface area (Å²) in [4.78, 5) is 34.1.